The van der Waals surface area contributed by atoms with Crippen LogP contribution in [0, 0.1) is 0 Å². The standard InChI is InChI=1S/C22H19N3O5S/c1-3-29-18-12-11-14-7-4-5-10-17(14)19(18)20(26)23-22-25-24-21(30-22)15-8-6-9-16(13-15)31(2,27)28/h4-13H,3H2,1-2H3,(H,23,25,26). The van der Waals surface area contributed by atoms with Crippen LogP contribution < -0.4 is 10.1 Å². The number of aromatic nitrogens is 2. The third-order valence-electron chi connectivity index (χ3n) is 4.57. The van der Waals surface area contributed by atoms with E-state index >= 15 is 0 Å². The van der Waals surface area contributed by atoms with Crippen molar-refractivity contribution < 1.29 is 22.4 Å². The summed E-state index contributed by atoms with van der Waals surface area (Å²) in [5.74, 6) is 0.0726. The fourth-order valence-corrected chi connectivity index (χ4v) is 3.84. The highest BCUT2D eigenvalue weighted by molar-refractivity contribution is 7.90. The van der Waals surface area contributed by atoms with Gasteiger partial charge in [-0.2, -0.15) is 0 Å². The first kappa shape index (κ1) is 20.5. The lowest BCUT2D eigenvalue weighted by molar-refractivity contribution is 0.102. The normalized spacial score (nSPS) is 11.4. The first-order valence-corrected chi connectivity index (χ1v) is 11.4. The van der Waals surface area contributed by atoms with Crippen molar-refractivity contribution in [2.24, 2.45) is 0 Å². The molecule has 0 saturated carbocycles. The lowest BCUT2D eigenvalue weighted by Gasteiger charge is -2.12. The van der Waals surface area contributed by atoms with E-state index in [9.17, 15) is 13.2 Å². The van der Waals surface area contributed by atoms with Gasteiger partial charge in [-0.1, -0.05) is 41.5 Å². The van der Waals surface area contributed by atoms with Crippen LogP contribution in [0.25, 0.3) is 22.2 Å². The Morgan fingerprint density at radius 1 is 1.06 bits per heavy atom. The Hall–Kier alpha value is -3.72. The van der Waals surface area contributed by atoms with E-state index in [1.807, 2.05) is 37.3 Å². The zero-order valence-electron chi connectivity index (χ0n) is 16.8. The summed E-state index contributed by atoms with van der Waals surface area (Å²) in [6, 6.07) is 17.1. The average molecular weight is 437 g/mol. The SMILES string of the molecule is CCOc1ccc2ccccc2c1C(=O)Nc1nnc(-c2cccc(S(C)(=O)=O)c2)o1. The molecule has 0 spiro atoms. The van der Waals surface area contributed by atoms with Gasteiger partial charge in [0.2, 0.25) is 5.89 Å². The van der Waals surface area contributed by atoms with Crippen LogP contribution in [-0.2, 0) is 9.84 Å². The summed E-state index contributed by atoms with van der Waals surface area (Å²) in [6.07, 6.45) is 1.12. The van der Waals surface area contributed by atoms with Crippen LogP contribution in [0.2, 0.25) is 0 Å². The van der Waals surface area contributed by atoms with Crippen LogP contribution in [0.4, 0.5) is 6.01 Å². The number of ether oxygens (including phenoxy) is 1. The van der Waals surface area contributed by atoms with Gasteiger partial charge in [0.05, 0.1) is 17.1 Å². The number of nitrogens with zero attached hydrogens (tertiary/aromatic N) is 2. The van der Waals surface area contributed by atoms with Gasteiger partial charge < -0.3 is 9.15 Å². The number of hydrogen-bond acceptors (Lipinski definition) is 7. The maximum absolute atomic E-state index is 13.1. The van der Waals surface area contributed by atoms with Crippen molar-refractivity contribution in [1.29, 1.82) is 0 Å². The Morgan fingerprint density at radius 2 is 1.87 bits per heavy atom. The minimum Gasteiger partial charge on any atom is -0.493 e. The highest BCUT2D eigenvalue weighted by Crippen LogP contribution is 2.29. The Kier molecular flexibility index (Phi) is 5.43. The molecule has 0 radical (unpaired) electrons. The molecule has 1 aromatic heterocycles. The van der Waals surface area contributed by atoms with Crippen molar-refractivity contribution in [3.05, 3.63) is 66.2 Å². The molecule has 1 heterocycles. The Morgan fingerprint density at radius 3 is 2.65 bits per heavy atom. The molecule has 0 bridgehead atoms. The second-order valence-corrected chi connectivity index (χ2v) is 8.78. The molecular formula is C22H19N3O5S. The fraction of sp³-hybridized carbons (Fsp3) is 0.136. The first-order valence-electron chi connectivity index (χ1n) is 9.46. The summed E-state index contributed by atoms with van der Waals surface area (Å²) >= 11 is 0. The Bertz CT molecular complexity index is 1380. The predicted octanol–water partition coefficient (Wildman–Crippen LogP) is 3.94. The molecule has 0 aliphatic rings. The van der Waals surface area contributed by atoms with E-state index in [1.54, 1.807) is 18.2 Å². The molecular weight excluding hydrogens is 418 g/mol. The van der Waals surface area contributed by atoms with Gasteiger partial charge in [0.25, 0.3) is 5.91 Å². The number of fused-ring (bicyclic) bond motifs is 1. The largest absolute Gasteiger partial charge is 0.493 e. The average Bonchev–Trinajstić information content (AvgIpc) is 3.21. The number of anilines is 1. The van der Waals surface area contributed by atoms with Crippen LogP contribution in [-0.4, -0.2) is 37.4 Å². The van der Waals surface area contributed by atoms with Crippen molar-refractivity contribution >= 4 is 32.5 Å². The van der Waals surface area contributed by atoms with Gasteiger partial charge in [0, 0.05) is 11.8 Å². The van der Waals surface area contributed by atoms with Gasteiger partial charge >= 0.3 is 6.01 Å². The minimum absolute atomic E-state index is 0.0868. The van der Waals surface area contributed by atoms with Gasteiger partial charge in [-0.05, 0) is 42.0 Å². The maximum atomic E-state index is 13.1. The zero-order valence-corrected chi connectivity index (χ0v) is 17.6. The minimum atomic E-state index is -3.39. The lowest BCUT2D eigenvalue weighted by atomic mass is 10.0. The number of carbonyl (C=O) groups excluding carboxylic acids is 1. The molecule has 4 aromatic rings. The number of amides is 1. The Balaban J connectivity index is 1.66. The van der Waals surface area contributed by atoms with E-state index in [0.29, 0.717) is 23.5 Å². The number of nitrogens with one attached hydrogen (secondary N) is 1. The van der Waals surface area contributed by atoms with Gasteiger partial charge in [-0.3, -0.25) is 10.1 Å². The molecule has 158 valence electrons. The van der Waals surface area contributed by atoms with E-state index in [-0.39, 0.29) is 16.8 Å². The van der Waals surface area contributed by atoms with Crippen molar-refractivity contribution in [1.82, 2.24) is 10.2 Å². The fourth-order valence-electron chi connectivity index (χ4n) is 3.17. The molecule has 0 fully saturated rings. The van der Waals surface area contributed by atoms with E-state index in [1.165, 1.54) is 12.1 Å². The van der Waals surface area contributed by atoms with Crippen LogP contribution in [0.5, 0.6) is 5.75 Å². The topological polar surface area (TPSA) is 111 Å². The number of rotatable bonds is 6. The second kappa shape index (κ2) is 8.19. The monoisotopic (exact) mass is 437 g/mol. The van der Waals surface area contributed by atoms with Crippen LogP contribution in [0.15, 0.2) is 70.0 Å². The molecule has 3 aromatic carbocycles. The van der Waals surface area contributed by atoms with Crippen LogP contribution in [0.3, 0.4) is 0 Å². The molecule has 0 unspecified atom stereocenters. The Labute approximate surface area is 178 Å². The first-order chi connectivity index (χ1) is 14.9. The quantitative estimate of drug-likeness (QED) is 0.486. The van der Waals surface area contributed by atoms with Gasteiger partial charge in [0.1, 0.15) is 5.75 Å². The number of carbonyl (C=O) groups is 1. The molecule has 0 aliphatic heterocycles. The highest BCUT2D eigenvalue weighted by atomic mass is 32.2. The molecule has 0 saturated heterocycles. The molecule has 9 heteroatoms. The van der Waals surface area contributed by atoms with Crippen LogP contribution in [0.1, 0.15) is 17.3 Å². The summed E-state index contributed by atoms with van der Waals surface area (Å²) in [6.45, 7) is 2.24. The van der Waals surface area contributed by atoms with Crippen molar-refractivity contribution in [2.75, 3.05) is 18.2 Å². The van der Waals surface area contributed by atoms with Gasteiger partial charge in [-0.15, -0.1) is 5.10 Å². The van der Waals surface area contributed by atoms with E-state index in [2.05, 4.69) is 15.5 Å². The molecule has 8 nitrogen and oxygen atoms in total. The zero-order chi connectivity index (χ0) is 22.0. The third-order valence-corrected chi connectivity index (χ3v) is 5.68. The summed E-state index contributed by atoms with van der Waals surface area (Å²) in [5, 5.41) is 12.0. The molecule has 0 atom stereocenters. The van der Waals surface area contributed by atoms with Crippen LogP contribution >= 0.6 is 0 Å². The summed E-state index contributed by atoms with van der Waals surface area (Å²) in [5.41, 5.74) is 0.787. The maximum Gasteiger partial charge on any atom is 0.322 e. The van der Waals surface area contributed by atoms with Crippen molar-refractivity contribution in [3.63, 3.8) is 0 Å². The highest BCUT2D eigenvalue weighted by Gasteiger charge is 2.20. The van der Waals surface area contributed by atoms with E-state index in [4.69, 9.17) is 9.15 Å². The summed E-state index contributed by atoms with van der Waals surface area (Å²) in [4.78, 5) is 13.2. The smallest absolute Gasteiger partial charge is 0.322 e. The molecule has 0 aliphatic carbocycles. The summed E-state index contributed by atoms with van der Waals surface area (Å²) < 4.78 is 34.8. The second-order valence-electron chi connectivity index (χ2n) is 6.76. The van der Waals surface area contributed by atoms with E-state index in [0.717, 1.165) is 17.0 Å². The lowest BCUT2D eigenvalue weighted by Crippen LogP contribution is -2.14. The van der Waals surface area contributed by atoms with Gasteiger partial charge in [-0.25, -0.2) is 8.42 Å². The number of hydrogen-bond donors (Lipinski definition) is 1. The van der Waals surface area contributed by atoms with Crippen molar-refractivity contribution in [3.8, 4) is 17.2 Å². The molecule has 1 amide bonds. The molecule has 31 heavy (non-hydrogen) atoms. The third kappa shape index (κ3) is 4.26. The summed E-state index contributed by atoms with van der Waals surface area (Å²) in [7, 11) is -3.39. The van der Waals surface area contributed by atoms with E-state index < -0.39 is 15.7 Å². The molecule has 1 N–H and O–H groups in total. The van der Waals surface area contributed by atoms with Gasteiger partial charge in [0.15, 0.2) is 9.84 Å². The number of sulfone groups is 1. The molecule has 4 rings (SSSR count). The number of benzene rings is 3. The predicted molar refractivity (Wildman–Crippen MR) is 116 cm³/mol. The van der Waals surface area contributed by atoms with Crippen molar-refractivity contribution in [2.45, 2.75) is 11.8 Å².